The maximum atomic E-state index is 8.89. The van der Waals surface area contributed by atoms with E-state index in [1.807, 2.05) is 0 Å². The van der Waals surface area contributed by atoms with Crippen molar-refractivity contribution in [1.82, 2.24) is 0 Å². The van der Waals surface area contributed by atoms with Crippen LogP contribution in [-0.4, -0.2) is 19.0 Å². The Balaban J connectivity index is 2.77. The van der Waals surface area contributed by atoms with E-state index in [0.29, 0.717) is 0 Å². The molecule has 1 N–H and O–H groups in total. The Bertz CT molecular complexity index is 214. The number of rotatable bonds is 2. The highest BCUT2D eigenvalue weighted by Gasteiger charge is 1.96. The number of hydrogen-bond donors (Lipinski definition) is 1. The fourth-order valence-corrected chi connectivity index (χ4v) is 1.11. The van der Waals surface area contributed by atoms with Crippen LogP contribution in [0.1, 0.15) is 6.42 Å². The van der Waals surface area contributed by atoms with E-state index >= 15 is 0 Å². The Labute approximate surface area is 68.4 Å². The number of aliphatic hydroxyl groups is 1. The summed E-state index contributed by atoms with van der Waals surface area (Å²) in [4.78, 5) is 0. The monoisotopic (exact) mass is 148 g/mol. The minimum absolute atomic E-state index is 0.158. The van der Waals surface area contributed by atoms with Gasteiger partial charge in [0.15, 0.2) is 7.28 Å². The molecule has 1 aliphatic carbocycles. The fourth-order valence-electron chi connectivity index (χ4n) is 1.11. The van der Waals surface area contributed by atoms with E-state index in [1.165, 1.54) is 5.47 Å². The van der Waals surface area contributed by atoms with Crippen LogP contribution in [0, 0.1) is 0 Å². The summed E-state index contributed by atoms with van der Waals surface area (Å²) in [5.41, 5.74) is 2.33. The van der Waals surface area contributed by atoms with E-state index in [9.17, 15) is 0 Å². The number of allylic oxidation sites excluding steroid dienone is 4. The van der Waals surface area contributed by atoms with Crippen LogP contribution in [0.5, 0.6) is 0 Å². The van der Waals surface area contributed by atoms with Crippen LogP contribution in [0.25, 0.3) is 0 Å². The second kappa shape index (κ2) is 4.19. The first kappa shape index (κ1) is 8.34. The topological polar surface area (TPSA) is 20.2 Å². The van der Waals surface area contributed by atoms with Gasteiger partial charge in [-0.2, -0.15) is 0 Å². The first-order chi connectivity index (χ1) is 5.36. The van der Waals surface area contributed by atoms with Crippen LogP contribution >= 0.6 is 0 Å². The molecule has 0 amide bonds. The average molecular weight is 148 g/mol. The van der Waals surface area contributed by atoms with Gasteiger partial charge >= 0.3 is 0 Å². The summed E-state index contributed by atoms with van der Waals surface area (Å²) < 4.78 is 0. The van der Waals surface area contributed by atoms with E-state index in [4.69, 9.17) is 5.11 Å². The average Bonchev–Trinajstić information content (AvgIpc) is 2.28. The highest BCUT2D eigenvalue weighted by molar-refractivity contribution is 6.44. The molecule has 0 aliphatic heterocycles. The predicted molar refractivity (Wildman–Crippen MR) is 50.0 cm³/mol. The zero-order valence-electron chi connectivity index (χ0n) is 6.88. The zero-order valence-corrected chi connectivity index (χ0v) is 6.88. The van der Waals surface area contributed by atoms with Crippen molar-refractivity contribution in [3.05, 3.63) is 35.3 Å². The highest BCUT2D eigenvalue weighted by atomic mass is 16.3. The third-order valence-electron chi connectivity index (χ3n) is 1.81. The summed E-state index contributed by atoms with van der Waals surface area (Å²) in [5.74, 6) is 0. The summed E-state index contributed by atoms with van der Waals surface area (Å²) in [6.07, 6.45) is 9.30. The van der Waals surface area contributed by atoms with Gasteiger partial charge in [-0.1, -0.05) is 36.6 Å². The lowest BCUT2D eigenvalue weighted by molar-refractivity contribution is 0.334. The van der Waals surface area contributed by atoms with Crippen molar-refractivity contribution in [1.29, 1.82) is 0 Å². The van der Waals surface area contributed by atoms with Gasteiger partial charge < -0.3 is 5.11 Å². The van der Waals surface area contributed by atoms with Crippen molar-refractivity contribution < 1.29 is 5.11 Å². The Morgan fingerprint density at radius 1 is 1.64 bits per heavy atom. The molecule has 1 aliphatic rings. The first-order valence-electron chi connectivity index (χ1n) is 4.03. The summed E-state index contributed by atoms with van der Waals surface area (Å²) in [6.45, 7) is 2.28. The lowest BCUT2D eigenvalue weighted by Crippen LogP contribution is -1.90. The van der Waals surface area contributed by atoms with Crippen LogP contribution < -0.4 is 0 Å². The second-order valence-electron chi connectivity index (χ2n) is 2.65. The van der Waals surface area contributed by atoms with Crippen LogP contribution in [0.15, 0.2) is 35.3 Å². The molecule has 0 saturated heterocycles. The molecule has 0 saturated carbocycles. The van der Waals surface area contributed by atoms with E-state index < -0.39 is 0 Å². The molecule has 0 aromatic carbocycles. The third kappa shape index (κ3) is 2.39. The molecule has 0 aromatic heterocycles. The molecule has 58 valence electrons. The van der Waals surface area contributed by atoms with E-state index in [0.717, 1.165) is 19.3 Å². The van der Waals surface area contributed by atoms with Gasteiger partial charge in [-0.15, -0.1) is 0 Å². The maximum absolute atomic E-state index is 8.89. The minimum Gasteiger partial charge on any atom is -0.392 e. The van der Waals surface area contributed by atoms with Gasteiger partial charge in [-0.05, 0) is 12.0 Å². The Hall–Kier alpha value is -0.755. The van der Waals surface area contributed by atoms with Gasteiger partial charge in [0, 0.05) is 0 Å². The van der Waals surface area contributed by atoms with E-state index in [-0.39, 0.29) is 6.61 Å². The lowest BCUT2D eigenvalue weighted by atomic mass is 9.72. The number of hydrogen-bond acceptors (Lipinski definition) is 1. The normalized spacial score (nSPS) is 16.9. The maximum Gasteiger partial charge on any atom is 0.154 e. The van der Waals surface area contributed by atoms with Gasteiger partial charge in [-0.3, -0.25) is 0 Å². The Morgan fingerprint density at radius 3 is 3.09 bits per heavy atom. The Kier molecular flexibility index (Phi) is 3.18. The molecule has 0 fully saturated rings. The van der Waals surface area contributed by atoms with E-state index in [1.54, 1.807) is 0 Å². The minimum atomic E-state index is 0.158. The summed E-state index contributed by atoms with van der Waals surface area (Å²) in [6, 6.07) is 0. The van der Waals surface area contributed by atoms with Crippen molar-refractivity contribution in [2.75, 3.05) is 6.61 Å². The molecule has 0 atom stereocenters. The summed E-state index contributed by atoms with van der Waals surface area (Å²) in [7, 11) is 1.04. The highest BCUT2D eigenvalue weighted by Crippen LogP contribution is 2.09. The van der Waals surface area contributed by atoms with E-state index in [2.05, 4.69) is 31.1 Å². The third-order valence-corrected chi connectivity index (χ3v) is 1.81. The van der Waals surface area contributed by atoms with Crippen LogP contribution in [0.2, 0.25) is 6.82 Å². The van der Waals surface area contributed by atoms with Crippen LogP contribution in [-0.2, 0) is 0 Å². The summed E-state index contributed by atoms with van der Waals surface area (Å²) in [5, 5.41) is 8.89. The molecular weight excluding hydrogens is 135 g/mol. The molecule has 11 heavy (non-hydrogen) atoms. The predicted octanol–water partition coefficient (Wildman–Crippen LogP) is 1.23. The van der Waals surface area contributed by atoms with Gasteiger partial charge in [0.25, 0.3) is 0 Å². The molecule has 0 radical (unpaired) electrons. The first-order valence-corrected chi connectivity index (χ1v) is 4.03. The molecule has 0 spiro atoms. The van der Waals surface area contributed by atoms with Crippen molar-refractivity contribution in [3.8, 4) is 0 Å². The molecule has 0 unspecified atom stereocenters. The molecule has 0 bridgehead atoms. The van der Waals surface area contributed by atoms with Crippen LogP contribution in [0.4, 0.5) is 0 Å². The van der Waals surface area contributed by atoms with Gasteiger partial charge in [-0.25, -0.2) is 0 Å². The van der Waals surface area contributed by atoms with Crippen molar-refractivity contribution >= 4 is 7.28 Å². The fraction of sp³-hybridized carbons (Fsp3) is 0.333. The quantitative estimate of drug-likeness (QED) is 0.584. The largest absolute Gasteiger partial charge is 0.392 e. The molecule has 0 heterocycles. The smallest absolute Gasteiger partial charge is 0.154 e. The second-order valence-corrected chi connectivity index (χ2v) is 2.65. The standard InChI is InChI=1S/C9H13BO/c1-10-9-5-3-2-4-8(6-9)7-11/h3-6,10-11H,2,7H2,1H3. The Morgan fingerprint density at radius 2 is 2.45 bits per heavy atom. The molecule has 0 aromatic rings. The lowest BCUT2D eigenvalue weighted by Gasteiger charge is -1.96. The van der Waals surface area contributed by atoms with Gasteiger partial charge in [0.1, 0.15) is 0 Å². The van der Waals surface area contributed by atoms with Crippen LogP contribution in [0.3, 0.4) is 0 Å². The van der Waals surface area contributed by atoms with Crippen molar-refractivity contribution in [2.45, 2.75) is 13.2 Å². The van der Waals surface area contributed by atoms with Crippen molar-refractivity contribution in [3.63, 3.8) is 0 Å². The summed E-state index contributed by atoms with van der Waals surface area (Å²) >= 11 is 0. The van der Waals surface area contributed by atoms with Gasteiger partial charge in [0.2, 0.25) is 0 Å². The molecule has 2 heteroatoms. The van der Waals surface area contributed by atoms with Crippen molar-refractivity contribution in [2.24, 2.45) is 0 Å². The SMILES string of the molecule is CBC1=CC(CO)=CCC=C1. The molecule has 1 nitrogen and oxygen atoms in total. The molecular formula is C9H13BO. The molecule has 1 rings (SSSR count). The van der Waals surface area contributed by atoms with Gasteiger partial charge in [0.05, 0.1) is 6.61 Å². The number of aliphatic hydroxyl groups excluding tert-OH is 1. The zero-order chi connectivity index (χ0) is 8.10.